The third-order valence-corrected chi connectivity index (χ3v) is 2.85. The van der Waals surface area contributed by atoms with E-state index in [1.54, 1.807) is 7.11 Å². The van der Waals surface area contributed by atoms with E-state index in [0.717, 1.165) is 32.4 Å². The van der Waals surface area contributed by atoms with Gasteiger partial charge in [-0.15, -0.1) is 0 Å². The summed E-state index contributed by atoms with van der Waals surface area (Å²) in [5, 5.41) is 3.24. The molecule has 0 amide bonds. The third kappa shape index (κ3) is 8.93. The first-order valence-corrected chi connectivity index (χ1v) is 6.87. The summed E-state index contributed by atoms with van der Waals surface area (Å²) in [5.41, 5.74) is 0. The minimum absolute atomic E-state index is 0.0361. The average Bonchev–Trinajstić information content (AvgIpc) is 2.45. The van der Waals surface area contributed by atoms with Crippen molar-refractivity contribution in [2.75, 3.05) is 53.2 Å². The van der Waals surface area contributed by atoms with Gasteiger partial charge in [0.05, 0.1) is 12.7 Å². The Bertz CT molecular complexity index is 231. The maximum Gasteiger partial charge on any atom is 0.332 e. The lowest BCUT2D eigenvalue weighted by Crippen LogP contribution is -2.33. The maximum atomic E-state index is 11.4. The largest absolute Gasteiger partial charge is 0.462 e. The first-order valence-electron chi connectivity index (χ1n) is 6.87. The monoisotopic (exact) mass is 275 g/mol. The molecule has 19 heavy (non-hydrogen) atoms. The molecule has 1 N–H and O–H groups in total. The number of esters is 1. The SMILES string of the molecule is COCCCOCCOC(=O)COC1CCNCC1. The van der Waals surface area contributed by atoms with Crippen molar-refractivity contribution in [1.29, 1.82) is 0 Å². The molecule has 0 aromatic heterocycles. The summed E-state index contributed by atoms with van der Waals surface area (Å²) in [5.74, 6) is -0.320. The second kappa shape index (κ2) is 11.2. The predicted octanol–water partition coefficient (Wildman–Crippen LogP) is 0.351. The second-order valence-electron chi connectivity index (χ2n) is 4.44. The van der Waals surface area contributed by atoms with Crippen molar-refractivity contribution in [2.24, 2.45) is 0 Å². The van der Waals surface area contributed by atoms with Gasteiger partial charge in [0, 0.05) is 20.3 Å². The Hall–Kier alpha value is -0.690. The van der Waals surface area contributed by atoms with Crippen molar-refractivity contribution in [1.82, 2.24) is 5.32 Å². The zero-order chi connectivity index (χ0) is 13.8. The highest BCUT2D eigenvalue weighted by Crippen LogP contribution is 2.06. The van der Waals surface area contributed by atoms with E-state index in [2.05, 4.69) is 5.32 Å². The highest BCUT2D eigenvalue weighted by molar-refractivity contribution is 5.70. The van der Waals surface area contributed by atoms with Gasteiger partial charge < -0.3 is 24.3 Å². The smallest absolute Gasteiger partial charge is 0.332 e. The zero-order valence-electron chi connectivity index (χ0n) is 11.7. The summed E-state index contributed by atoms with van der Waals surface area (Å²) in [6, 6.07) is 0. The number of nitrogens with one attached hydrogen (secondary N) is 1. The van der Waals surface area contributed by atoms with Crippen LogP contribution in [0.4, 0.5) is 0 Å². The first-order chi connectivity index (χ1) is 9.33. The standard InChI is InChI=1S/C13H25NO5/c1-16-7-2-8-17-9-10-18-13(15)11-19-12-3-5-14-6-4-12/h12,14H,2-11H2,1H3. The van der Waals surface area contributed by atoms with Crippen LogP contribution in [0, 0.1) is 0 Å². The van der Waals surface area contributed by atoms with Crippen LogP contribution in [0.15, 0.2) is 0 Å². The van der Waals surface area contributed by atoms with Gasteiger partial charge in [-0.25, -0.2) is 4.79 Å². The van der Waals surface area contributed by atoms with Crippen LogP contribution >= 0.6 is 0 Å². The van der Waals surface area contributed by atoms with Gasteiger partial charge in [0.15, 0.2) is 0 Å². The molecule has 1 aliphatic rings. The molecule has 6 heteroatoms. The number of hydrogen-bond acceptors (Lipinski definition) is 6. The average molecular weight is 275 g/mol. The van der Waals surface area contributed by atoms with Gasteiger partial charge in [-0.05, 0) is 32.4 Å². The molecule has 0 atom stereocenters. The fourth-order valence-corrected chi connectivity index (χ4v) is 1.81. The molecule has 0 unspecified atom stereocenters. The minimum atomic E-state index is -0.320. The molecule has 6 nitrogen and oxygen atoms in total. The second-order valence-corrected chi connectivity index (χ2v) is 4.44. The quantitative estimate of drug-likeness (QED) is 0.458. The van der Waals surface area contributed by atoms with E-state index >= 15 is 0 Å². The molecule has 0 radical (unpaired) electrons. The van der Waals surface area contributed by atoms with Crippen molar-refractivity contribution in [3.05, 3.63) is 0 Å². The van der Waals surface area contributed by atoms with Crippen molar-refractivity contribution in [2.45, 2.75) is 25.4 Å². The molecular formula is C13H25NO5. The van der Waals surface area contributed by atoms with Crippen LogP contribution in [0.2, 0.25) is 0 Å². The van der Waals surface area contributed by atoms with E-state index < -0.39 is 0 Å². The number of methoxy groups -OCH3 is 1. The van der Waals surface area contributed by atoms with E-state index in [4.69, 9.17) is 18.9 Å². The summed E-state index contributed by atoms with van der Waals surface area (Å²) in [7, 11) is 1.66. The van der Waals surface area contributed by atoms with Gasteiger partial charge in [-0.2, -0.15) is 0 Å². The Morgan fingerprint density at radius 2 is 1.95 bits per heavy atom. The molecule has 0 aromatic carbocycles. The van der Waals surface area contributed by atoms with E-state index in [-0.39, 0.29) is 25.3 Å². The van der Waals surface area contributed by atoms with Gasteiger partial charge >= 0.3 is 5.97 Å². The highest BCUT2D eigenvalue weighted by Gasteiger charge is 2.15. The van der Waals surface area contributed by atoms with Crippen molar-refractivity contribution in [3.8, 4) is 0 Å². The summed E-state index contributed by atoms with van der Waals surface area (Å²) in [4.78, 5) is 11.4. The number of piperidine rings is 1. The molecular weight excluding hydrogens is 250 g/mol. The fourth-order valence-electron chi connectivity index (χ4n) is 1.81. The molecule has 0 aliphatic carbocycles. The highest BCUT2D eigenvalue weighted by atomic mass is 16.6. The molecule has 0 spiro atoms. The molecule has 112 valence electrons. The van der Waals surface area contributed by atoms with Crippen molar-refractivity contribution >= 4 is 5.97 Å². The van der Waals surface area contributed by atoms with Crippen LogP contribution in [0.3, 0.4) is 0 Å². The lowest BCUT2D eigenvalue weighted by molar-refractivity contribution is -0.153. The normalized spacial score (nSPS) is 16.5. The first kappa shape index (κ1) is 16.4. The van der Waals surface area contributed by atoms with Crippen LogP contribution in [0.25, 0.3) is 0 Å². The Labute approximate surface area is 114 Å². The third-order valence-electron chi connectivity index (χ3n) is 2.85. The van der Waals surface area contributed by atoms with Crippen LogP contribution < -0.4 is 5.32 Å². The molecule has 1 rings (SSSR count). The lowest BCUT2D eigenvalue weighted by Gasteiger charge is -2.22. The molecule has 0 saturated carbocycles. The Balaban J connectivity index is 1.87. The van der Waals surface area contributed by atoms with Crippen LogP contribution in [0.1, 0.15) is 19.3 Å². The molecule has 0 aromatic rings. The summed E-state index contributed by atoms with van der Waals surface area (Å²) in [6.45, 7) is 3.95. The minimum Gasteiger partial charge on any atom is -0.462 e. The van der Waals surface area contributed by atoms with Crippen LogP contribution in [-0.4, -0.2) is 65.3 Å². The number of carbonyl (C=O) groups excluding carboxylic acids is 1. The summed E-state index contributed by atoms with van der Waals surface area (Å²) < 4.78 is 20.7. The van der Waals surface area contributed by atoms with E-state index in [0.29, 0.717) is 19.8 Å². The van der Waals surface area contributed by atoms with Crippen LogP contribution in [-0.2, 0) is 23.7 Å². The van der Waals surface area contributed by atoms with Gasteiger partial charge in [0.2, 0.25) is 0 Å². The lowest BCUT2D eigenvalue weighted by atomic mass is 10.1. The number of hydrogen-bond donors (Lipinski definition) is 1. The van der Waals surface area contributed by atoms with Gasteiger partial charge in [0.1, 0.15) is 13.2 Å². The van der Waals surface area contributed by atoms with Gasteiger partial charge in [-0.1, -0.05) is 0 Å². The van der Waals surface area contributed by atoms with E-state index in [1.165, 1.54) is 0 Å². The van der Waals surface area contributed by atoms with Gasteiger partial charge in [0.25, 0.3) is 0 Å². The Morgan fingerprint density at radius 3 is 2.68 bits per heavy atom. The maximum absolute atomic E-state index is 11.4. The summed E-state index contributed by atoms with van der Waals surface area (Å²) in [6.07, 6.45) is 2.94. The van der Waals surface area contributed by atoms with Gasteiger partial charge in [-0.3, -0.25) is 0 Å². The van der Waals surface area contributed by atoms with Crippen molar-refractivity contribution in [3.63, 3.8) is 0 Å². The molecule has 1 fully saturated rings. The number of rotatable bonds is 10. The molecule has 1 aliphatic heterocycles. The molecule has 1 heterocycles. The fraction of sp³-hybridized carbons (Fsp3) is 0.923. The summed E-state index contributed by atoms with van der Waals surface area (Å²) >= 11 is 0. The number of ether oxygens (including phenoxy) is 4. The predicted molar refractivity (Wildman–Crippen MR) is 70.1 cm³/mol. The molecule has 0 bridgehead atoms. The Morgan fingerprint density at radius 1 is 1.16 bits per heavy atom. The van der Waals surface area contributed by atoms with E-state index in [1.807, 2.05) is 0 Å². The number of carbonyl (C=O) groups is 1. The topological polar surface area (TPSA) is 66.0 Å². The zero-order valence-corrected chi connectivity index (χ0v) is 11.7. The van der Waals surface area contributed by atoms with Crippen molar-refractivity contribution < 1.29 is 23.7 Å². The van der Waals surface area contributed by atoms with Crippen LogP contribution in [0.5, 0.6) is 0 Å². The van der Waals surface area contributed by atoms with E-state index in [9.17, 15) is 4.79 Å². The Kier molecular flexibility index (Phi) is 9.61. The molecule has 1 saturated heterocycles.